The lowest BCUT2D eigenvalue weighted by atomic mass is 10.1. The summed E-state index contributed by atoms with van der Waals surface area (Å²) in [5.74, 6) is 0. The van der Waals surface area contributed by atoms with E-state index in [0.717, 1.165) is 11.8 Å². The van der Waals surface area contributed by atoms with E-state index in [1.807, 2.05) is 6.92 Å². The molecule has 1 atom stereocenters. The minimum atomic E-state index is -0.455. The average Bonchev–Trinajstić information content (AvgIpc) is 2.29. The molecule has 7 heteroatoms. The van der Waals surface area contributed by atoms with Gasteiger partial charge in [0.05, 0.1) is 15.9 Å². The van der Waals surface area contributed by atoms with Crippen molar-refractivity contribution < 1.29 is 9.72 Å². The molecule has 1 N–H and O–H groups in total. The largest absolute Gasteiger partial charge is 0.299 e. The zero-order chi connectivity index (χ0) is 12.4. The lowest BCUT2D eigenvalue weighted by Gasteiger charge is -2.18. The molecule has 0 aliphatic carbocycles. The molecule has 0 aromatic heterocycles. The van der Waals surface area contributed by atoms with E-state index in [4.69, 9.17) is 0 Å². The van der Waals surface area contributed by atoms with Gasteiger partial charge in [0.25, 0.3) is 10.9 Å². The SMILES string of the molecule is CC1SC(=O)NN=C1c1cccc([N+](=O)[O-])c1. The van der Waals surface area contributed by atoms with Crippen LogP contribution in [-0.4, -0.2) is 21.1 Å². The van der Waals surface area contributed by atoms with E-state index < -0.39 is 4.92 Å². The number of benzene rings is 1. The number of rotatable bonds is 2. The van der Waals surface area contributed by atoms with Crippen LogP contribution in [0.1, 0.15) is 12.5 Å². The van der Waals surface area contributed by atoms with Gasteiger partial charge < -0.3 is 0 Å². The number of hydrazone groups is 1. The number of nitrogens with one attached hydrogen (secondary N) is 1. The molecule has 1 aromatic carbocycles. The van der Waals surface area contributed by atoms with Crippen LogP contribution in [0.3, 0.4) is 0 Å². The van der Waals surface area contributed by atoms with Gasteiger partial charge in [-0.2, -0.15) is 5.10 Å². The first-order valence-corrected chi connectivity index (χ1v) is 5.75. The molecule has 1 unspecified atom stereocenters. The topological polar surface area (TPSA) is 84.6 Å². The number of nitrogens with zero attached hydrogens (tertiary/aromatic N) is 2. The van der Waals surface area contributed by atoms with Gasteiger partial charge in [0, 0.05) is 17.7 Å². The quantitative estimate of drug-likeness (QED) is 0.644. The normalized spacial score (nSPS) is 19.5. The predicted molar refractivity (Wildman–Crippen MR) is 65.2 cm³/mol. The summed E-state index contributed by atoms with van der Waals surface area (Å²) >= 11 is 1.11. The molecule has 0 saturated carbocycles. The smallest absolute Gasteiger partial charge is 0.260 e. The maximum Gasteiger partial charge on any atom is 0.299 e. The Morgan fingerprint density at radius 3 is 2.94 bits per heavy atom. The molecule has 1 heterocycles. The summed E-state index contributed by atoms with van der Waals surface area (Å²) in [5.41, 5.74) is 3.65. The van der Waals surface area contributed by atoms with Crippen molar-refractivity contribution in [3.63, 3.8) is 0 Å². The number of carbonyl (C=O) groups is 1. The summed E-state index contributed by atoms with van der Waals surface area (Å²) in [7, 11) is 0. The number of nitro benzene ring substituents is 1. The van der Waals surface area contributed by atoms with Crippen LogP contribution in [0, 0.1) is 10.1 Å². The minimum Gasteiger partial charge on any atom is -0.260 e. The lowest BCUT2D eigenvalue weighted by Crippen LogP contribution is -2.29. The van der Waals surface area contributed by atoms with Gasteiger partial charge >= 0.3 is 0 Å². The van der Waals surface area contributed by atoms with Gasteiger partial charge in [0.1, 0.15) is 0 Å². The third-order valence-electron chi connectivity index (χ3n) is 2.29. The molecule has 0 radical (unpaired) electrons. The lowest BCUT2D eigenvalue weighted by molar-refractivity contribution is -0.384. The van der Waals surface area contributed by atoms with E-state index in [9.17, 15) is 14.9 Å². The monoisotopic (exact) mass is 251 g/mol. The standard InChI is InChI=1S/C10H9N3O3S/c1-6-9(11-12-10(14)17-6)7-3-2-4-8(5-7)13(15)16/h2-6H,1H3,(H,12,14). The van der Waals surface area contributed by atoms with Crippen molar-refractivity contribution in [1.29, 1.82) is 0 Å². The van der Waals surface area contributed by atoms with Crippen molar-refractivity contribution in [3.8, 4) is 0 Å². The van der Waals surface area contributed by atoms with Crippen molar-refractivity contribution in [2.75, 3.05) is 0 Å². The molecule has 1 aliphatic rings. The van der Waals surface area contributed by atoms with Crippen LogP contribution in [0.4, 0.5) is 10.5 Å². The van der Waals surface area contributed by atoms with Crippen LogP contribution in [0.25, 0.3) is 0 Å². The molecule has 88 valence electrons. The zero-order valence-corrected chi connectivity index (χ0v) is 9.73. The van der Waals surface area contributed by atoms with Crippen LogP contribution in [0.5, 0.6) is 0 Å². The fourth-order valence-corrected chi connectivity index (χ4v) is 2.24. The highest BCUT2D eigenvalue weighted by molar-refractivity contribution is 8.14. The van der Waals surface area contributed by atoms with E-state index in [0.29, 0.717) is 11.3 Å². The molecule has 1 aromatic rings. The Kier molecular flexibility index (Phi) is 3.10. The van der Waals surface area contributed by atoms with Crippen LogP contribution in [-0.2, 0) is 0 Å². The molecule has 6 nitrogen and oxygen atoms in total. The van der Waals surface area contributed by atoms with E-state index >= 15 is 0 Å². The second-order valence-electron chi connectivity index (χ2n) is 3.46. The van der Waals surface area contributed by atoms with Crippen molar-refractivity contribution in [1.82, 2.24) is 5.43 Å². The first-order chi connectivity index (χ1) is 8.08. The molecule has 2 rings (SSSR count). The summed E-state index contributed by atoms with van der Waals surface area (Å²) in [6.07, 6.45) is 0. The van der Waals surface area contributed by atoms with Crippen molar-refractivity contribution in [2.24, 2.45) is 5.10 Å². The summed E-state index contributed by atoms with van der Waals surface area (Å²) in [6.45, 7) is 1.83. The van der Waals surface area contributed by atoms with Crippen molar-refractivity contribution >= 4 is 28.4 Å². The first-order valence-electron chi connectivity index (χ1n) is 4.87. The number of amides is 1. The highest BCUT2D eigenvalue weighted by Gasteiger charge is 2.23. The van der Waals surface area contributed by atoms with E-state index in [2.05, 4.69) is 10.5 Å². The minimum absolute atomic E-state index is 0.0132. The second-order valence-corrected chi connectivity index (χ2v) is 4.78. The van der Waals surface area contributed by atoms with Crippen molar-refractivity contribution in [3.05, 3.63) is 39.9 Å². The van der Waals surface area contributed by atoms with Gasteiger partial charge in [-0.3, -0.25) is 14.9 Å². The van der Waals surface area contributed by atoms with Crippen LogP contribution in [0.15, 0.2) is 29.4 Å². The van der Waals surface area contributed by atoms with Crippen LogP contribution >= 0.6 is 11.8 Å². The Labute approximate surface area is 101 Å². The van der Waals surface area contributed by atoms with Crippen LogP contribution in [0.2, 0.25) is 0 Å². The second kappa shape index (κ2) is 4.54. The van der Waals surface area contributed by atoms with Crippen molar-refractivity contribution in [2.45, 2.75) is 12.2 Å². The highest BCUT2D eigenvalue weighted by atomic mass is 32.2. The molecular weight excluding hydrogens is 242 g/mol. The number of non-ortho nitro benzene ring substituents is 1. The molecule has 17 heavy (non-hydrogen) atoms. The predicted octanol–water partition coefficient (Wildman–Crippen LogP) is 2.14. The Morgan fingerprint density at radius 1 is 1.53 bits per heavy atom. The first kappa shape index (κ1) is 11.6. The fourth-order valence-electron chi connectivity index (χ4n) is 1.52. The van der Waals surface area contributed by atoms with E-state index in [-0.39, 0.29) is 16.2 Å². The van der Waals surface area contributed by atoms with Gasteiger partial charge in [0.2, 0.25) is 0 Å². The molecule has 0 bridgehead atoms. The fraction of sp³-hybridized carbons (Fsp3) is 0.200. The summed E-state index contributed by atoms with van der Waals surface area (Å²) in [6, 6.07) is 6.21. The Bertz CT molecular complexity index is 515. The Balaban J connectivity index is 2.37. The Hall–Kier alpha value is -1.89. The number of hydrogen-bond acceptors (Lipinski definition) is 5. The Morgan fingerprint density at radius 2 is 2.29 bits per heavy atom. The number of nitro groups is 1. The summed E-state index contributed by atoms with van der Waals surface area (Å²) < 4.78 is 0. The summed E-state index contributed by atoms with van der Waals surface area (Å²) in [4.78, 5) is 21.3. The molecule has 1 aliphatic heterocycles. The molecule has 1 amide bonds. The third kappa shape index (κ3) is 2.44. The highest BCUT2D eigenvalue weighted by Crippen LogP contribution is 2.23. The van der Waals surface area contributed by atoms with Gasteiger partial charge in [-0.25, -0.2) is 5.43 Å². The van der Waals surface area contributed by atoms with Gasteiger partial charge in [-0.15, -0.1) is 0 Å². The molecular formula is C10H9N3O3S. The maximum absolute atomic E-state index is 11.1. The molecule has 0 spiro atoms. The average molecular weight is 251 g/mol. The maximum atomic E-state index is 11.1. The zero-order valence-electron chi connectivity index (χ0n) is 8.91. The number of thioether (sulfide) groups is 1. The van der Waals surface area contributed by atoms with E-state index in [1.165, 1.54) is 12.1 Å². The molecule has 0 saturated heterocycles. The molecule has 0 fully saturated rings. The van der Waals surface area contributed by atoms with Gasteiger partial charge in [0.15, 0.2) is 0 Å². The number of hydrogen-bond donors (Lipinski definition) is 1. The van der Waals surface area contributed by atoms with E-state index in [1.54, 1.807) is 12.1 Å². The van der Waals surface area contributed by atoms with Gasteiger partial charge in [-0.1, -0.05) is 23.9 Å². The van der Waals surface area contributed by atoms with Crippen LogP contribution < -0.4 is 5.43 Å². The number of carbonyl (C=O) groups excluding carboxylic acids is 1. The summed E-state index contributed by atoms with van der Waals surface area (Å²) in [5, 5.41) is 14.3. The van der Waals surface area contributed by atoms with Gasteiger partial charge in [-0.05, 0) is 6.92 Å². The third-order valence-corrected chi connectivity index (χ3v) is 3.17.